The molecule has 134 valence electrons. The minimum absolute atomic E-state index is 0.202. The third kappa shape index (κ3) is 3.20. The molecule has 0 aliphatic carbocycles. The number of hydrogen-bond donors (Lipinski definition) is 1. The van der Waals surface area contributed by atoms with Gasteiger partial charge in [-0.05, 0) is 48.5 Å². The molecular formula is C19H21N5O2. The Hall–Kier alpha value is -3.09. The number of aromatic nitrogens is 4. The summed E-state index contributed by atoms with van der Waals surface area (Å²) in [6.45, 7) is 5.21. The Morgan fingerprint density at radius 3 is 2.92 bits per heavy atom. The van der Waals surface area contributed by atoms with Crippen molar-refractivity contribution in [1.29, 1.82) is 0 Å². The molecule has 1 aromatic heterocycles. The van der Waals surface area contributed by atoms with Crippen LogP contribution in [0.2, 0.25) is 0 Å². The van der Waals surface area contributed by atoms with Gasteiger partial charge in [-0.2, -0.15) is 4.68 Å². The molecule has 7 heteroatoms. The van der Waals surface area contributed by atoms with Crippen LogP contribution in [0.25, 0.3) is 5.69 Å². The first kappa shape index (κ1) is 16.4. The zero-order valence-corrected chi connectivity index (χ0v) is 14.8. The van der Waals surface area contributed by atoms with Gasteiger partial charge in [0.1, 0.15) is 17.6 Å². The average molecular weight is 351 g/mol. The number of nitrogens with one attached hydrogen (secondary N) is 1. The smallest absolute Gasteiger partial charge is 0.248 e. The average Bonchev–Trinajstić information content (AvgIpc) is 3.26. The summed E-state index contributed by atoms with van der Waals surface area (Å²) in [7, 11) is 0. The molecule has 2 aromatic carbocycles. The SMILES string of the molecule is CCOc1cc2c(cc1CNc1nnnn1-c1ccccc1)O[C@H](C)C2. The predicted octanol–water partition coefficient (Wildman–Crippen LogP) is 3.00. The maximum atomic E-state index is 5.88. The number of para-hydroxylation sites is 1. The Bertz CT molecular complexity index is 894. The summed E-state index contributed by atoms with van der Waals surface area (Å²) in [6.07, 6.45) is 1.11. The Morgan fingerprint density at radius 1 is 1.27 bits per heavy atom. The highest BCUT2D eigenvalue weighted by Crippen LogP contribution is 2.35. The lowest BCUT2D eigenvalue weighted by atomic mass is 10.1. The Kier molecular flexibility index (Phi) is 4.43. The van der Waals surface area contributed by atoms with E-state index >= 15 is 0 Å². The van der Waals surface area contributed by atoms with E-state index in [1.807, 2.05) is 43.3 Å². The molecule has 0 saturated carbocycles. The second kappa shape index (κ2) is 7.03. The normalized spacial score (nSPS) is 15.4. The molecule has 0 amide bonds. The summed E-state index contributed by atoms with van der Waals surface area (Å²) in [4.78, 5) is 0. The summed E-state index contributed by atoms with van der Waals surface area (Å²) in [5, 5.41) is 15.2. The highest BCUT2D eigenvalue weighted by atomic mass is 16.5. The van der Waals surface area contributed by atoms with Crippen molar-refractivity contribution >= 4 is 5.95 Å². The molecule has 0 radical (unpaired) electrons. The van der Waals surface area contributed by atoms with Crippen LogP contribution < -0.4 is 14.8 Å². The Labute approximate surface area is 151 Å². The minimum Gasteiger partial charge on any atom is -0.494 e. The predicted molar refractivity (Wildman–Crippen MR) is 97.9 cm³/mol. The molecule has 1 aliphatic heterocycles. The molecule has 3 aromatic rings. The van der Waals surface area contributed by atoms with Crippen LogP contribution >= 0.6 is 0 Å². The third-order valence-electron chi connectivity index (χ3n) is 4.29. The highest BCUT2D eigenvalue weighted by Gasteiger charge is 2.22. The van der Waals surface area contributed by atoms with Crippen molar-refractivity contribution in [3.63, 3.8) is 0 Å². The van der Waals surface area contributed by atoms with E-state index in [1.54, 1.807) is 4.68 Å². The van der Waals surface area contributed by atoms with Gasteiger partial charge in [-0.1, -0.05) is 23.3 Å². The molecule has 1 atom stereocenters. The molecule has 0 spiro atoms. The first-order valence-corrected chi connectivity index (χ1v) is 8.77. The van der Waals surface area contributed by atoms with Gasteiger partial charge in [-0.15, -0.1) is 0 Å². The van der Waals surface area contributed by atoms with Gasteiger partial charge in [-0.3, -0.25) is 0 Å². The maximum Gasteiger partial charge on any atom is 0.248 e. The fourth-order valence-electron chi connectivity index (χ4n) is 3.12. The molecule has 7 nitrogen and oxygen atoms in total. The van der Waals surface area contributed by atoms with Gasteiger partial charge in [0, 0.05) is 24.1 Å². The van der Waals surface area contributed by atoms with Gasteiger partial charge in [0.25, 0.3) is 0 Å². The second-order valence-electron chi connectivity index (χ2n) is 6.24. The lowest BCUT2D eigenvalue weighted by molar-refractivity contribution is 0.254. The van der Waals surface area contributed by atoms with Gasteiger partial charge in [-0.25, -0.2) is 0 Å². The van der Waals surface area contributed by atoms with Crippen LogP contribution in [0, 0.1) is 0 Å². The van der Waals surface area contributed by atoms with Crippen molar-refractivity contribution in [1.82, 2.24) is 20.2 Å². The number of hydrogen-bond acceptors (Lipinski definition) is 6. The lowest BCUT2D eigenvalue weighted by Gasteiger charge is -2.13. The lowest BCUT2D eigenvalue weighted by Crippen LogP contribution is -2.09. The number of rotatable bonds is 6. The first-order valence-electron chi connectivity index (χ1n) is 8.77. The molecule has 4 rings (SSSR count). The van der Waals surface area contributed by atoms with E-state index in [-0.39, 0.29) is 6.10 Å². The first-order chi connectivity index (χ1) is 12.7. The van der Waals surface area contributed by atoms with Crippen LogP contribution in [-0.2, 0) is 13.0 Å². The van der Waals surface area contributed by atoms with Crippen LogP contribution in [0.5, 0.6) is 11.5 Å². The molecule has 2 heterocycles. The third-order valence-corrected chi connectivity index (χ3v) is 4.29. The topological polar surface area (TPSA) is 74.1 Å². The quantitative estimate of drug-likeness (QED) is 0.736. The van der Waals surface area contributed by atoms with Gasteiger partial charge >= 0.3 is 0 Å². The van der Waals surface area contributed by atoms with E-state index in [1.165, 1.54) is 5.56 Å². The number of anilines is 1. The van der Waals surface area contributed by atoms with Crippen molar-refractivity contribution in [2.24, 2.45) is 0 Å². The number of ether oxygens (including phenoxy) is 2. The van der Waals surface area contributed by atoms with Gasteiger partial charge in [0.05, 0.1) is 12.3 Å². The van der Waals surface area contributed by atoms with Gasteiger partial charge in [0.15, 0.2) is 0 Å². The Balaban J connectivity index is 1.57. The van der Waals surface area contributed by atoms with E-state index < -0.39 is 0 Å². The van der Waals surface area contributed by atoms with E-state index in [0.29, 0.717) is 19.1 Å². The maximum absolute atomic E-state index is 5.88. The van der Waals surface area contributed by atoms with Crippen LogP contribution in [0.1, 0.15) is 25.0 Å². The zero-order chi connectivity index (χ0) is 17.9. The van der Waals surface area contributed by atoms with Crippen LogP contribution in [-0.4, -0.2) is 32.9 Å². The van der Waals surface area contributed by atoms with Crippen molar-refractivity contribution in [3.8, 4) is 17.2 Å². The standard InChI is InChI=1S/C19H21N5O2/c1-3-25-17-10-14-9-13(2)26-18(14)11-15(17)12-20-19-21-22-23-24(19)16-7-5-4-6-8-16/h4-8,10-11,13H,3,9,12H2,1-2H3,(H,20,21,23)/t13-/m1/s1. The van der Waals surface area contributed by atoms with Crippen molar-refractivity contribution < 1.29 is 9.47 Å². The van der Waals surface area contributed by atoms with Crippen LogP contribution in [0.15, 0.2) is 42.5 Å². The van der Waals surface area contributed by atoms with Crippen molar-refractivity contribution in [3.05, 3.63) is 53.6 Å². The second-order valence-corrected chi connectivity index (χ2v) is 6.24. The number of fused-ring (bicyclic) bond motifs is 1. The largest absolute Gasteiger partial charge is 0.494 e. The highest BCUT2D eigenvalue weighted by molar-refractivity contribution is 5.50. The Morgan fingerprint density at radius 2 is 2.12 bits per heavy atom. The summed E-state index contributed by atoms with van der Waals surface area (Å²) in [6, 6.07) is 13.9. The summed E-state index contributed by atoms with van der Waals surface area (Å²) < 4.78 is 13.4. The molecule has 1 N–H and O–H groups in total. The summed E-state index contributed by atoms with van der Waals surface area (Å²) in [5.41, 5.74) is 3.11. The van der Waals surface area contributed by atoms with Gasteiger partial charge < -0.3 is 14.8 Å². The molecular weight excluding hydrogens is 330 g/mol. The monoisotopic (exact) mass is 351 g/mol. The van der Waals surface area contributed by atoms with Crippen LogP contribution in [0.4, 0.5) is 5.95 Å². The fourth-order valence-corrected chi connectivity index (χ4v) is 3.12. The van der Waals surface area contributed by atoms with Crippen LogP contribution in [0.3, 0.4) is 0 Å². The number of tetrazole rings is 1. The number of nitrogens with zero attached hydrogens (tertiary/aromatic N) is 4. The molecule has 1 aliphatic rings. The van der Waals surface area contributed by atoms with E-state index in [2.05, 4.69) is 33.8 Å². The van der Waals surface area contributed by atoms with E-state index in [4.69, 9.17) is 9.47 Å². The minimum atomic E-state index is 0.202. The molecule has 0 saturated heterocycles. The molecule has 26 heavy (non-hydrogen) atoms. The van der Waals surface area contributed by atoms with E-state index in [9.17, 15) is 0 Å². The fraction of sp³-hybridized carbons (Fsp3) is 0.316. The van der Waals surface area contributed by atoms with Crippen molar-refractivity contribution in [2.45, 2.75) is 32.9 Å². The van der Waals surface area contributed by atoms with E-state index in [0.717, 1.165) is 29.2 Å². The van der Waals surface area contributed by atoms with Gasteiger partial charge in [0.2, 0.25) is 5.95 Å². The summed E-state index contributed by atoms with van der Waals surface area (Å²) >= 11 is 0. The zero-order valence-electron chi connectivity index (χ0n) is 14.8. The summed E-state index contributed by atoms with van der Waals surface area (Å²) in [5.74, 6) is 2.38. The van der Waals surface area contributed by atoms with Crippen molar-refractivity contribution in [2.75, 3.05) is 11.9 Å². The molecule has 0 unspecified atom stereocenters. The molecule has 0 bridgehead atoms. The number of benzene rings is 2. The molecule has 0 fully saturated rings.